The lowest BCUT2D eigenvalue weighted by Gasteiger charge is -2.35. The van der Waals surface area contributed by atoms with E-state index in [0.29, 0.717) is 25.9 Å². The third-order valence-corrected chi connectivity index (χ3v) is 8.69. The first-order valence-corrected chi connectivity index (χ1v) is 13.8. The number of likely N-dealkylation sites (tertiary alicyclic amines) is 2. The van der Waals surface area contributed by atoms with Crippen LogP contribution < -0.4 is 5.32 Å². The van der Waals surface area contributed by atoms with E-state index in [1.54, 1.807) is 30.6 Å². The summed E-state index contributed by atoms with van der Waals surface area (Å²) in [5.74, 6) is -0.0890. The number of nitrogens with one attached hydrogen (secondary N) is 1. The number of alkyl carbamates (subject to hydrolysis) is 1. The number of fused-ring (bicyclic) bond motifs is 3. The van der Waals surface area contributed by atoms with Crippen molar-refractivity contribution in [1.29, 1.82) is 5.26 Å². The summed E-state index contributed by atoms with van der Waals surface area (Å²) in [5.41, 5.74) is 0.383. The van der Waals surface area contributed by atoms with Crippen LogP contribution in [0.4, 0.5) is 4.79 Å². The zero-order valence-corrected chi connectivity index (χ0v) is 22.8. The highest BCUT2D eigenvalue weighted by atomic mass is 16.6. The highest BCUT2D eigenvalue weighted by Crippen LogP contribution is 2.43. The number of hydrogen-bond acceptors (Lipinski definition) is 6. The van der Waals surface area contributed by atoms with Gasteiger partial charge < -0.3 is 24.8 Å². The van der Waals surface area contributed by atoms with Crippen LogP contribution in [-0.4, -0.2) is 89.6 Å². The number of rotatable bonds is 3. The SMILES string of the molecule is CN1CC2C[C@H](NC(=O)OC(C)(C)C)C(=O)N3[C@H](CC[C@H]3C(=O)N3C[C@@H](C#N)[C@H](c4ccccc4)C3)[C@H]2C1. The van der Waals surface area contributed by atoms with Crippen molar-refractivity contribution in [2.75, 3.05) is 33.2 Å². The molecule has 0 bridgehead atoms. The van der Waals surface area contributed by atoms with Gasteiger partial charge in [-0.25, -0.2) is 4.79 Å². The smallest absolute Gasteiger partial charge is 0.408 e. The molecule has 0 saturated carbocycles. The summed E-state index contributed by atoms with van der Waals surface area (Å²) in [5, 5.41) is 12.7. The van der Waals surface area contributed by atoms with Crippen LogP contribution in [0, 0.1) is 29.1 Å². The van der Waals surface area contributed by atoms with E-state index in [1.807, 2.05) is 30.3 Å². The highest BCUT2D eigenvalue weighted by molar-refractivity contribution is 5.92. The van der Waals surface area contributed by atoms with Crippen molar-refractivity contribution in [1.82, 2.24) is 20.0 Å². The molecule has 4 aliphatic rings. The predicted octanol–water partition coefficient (Wildman–Crippen LogP) is 2.59. The molecule has 1 N–H and O–H groups in total. The quantitative estimate of drug-likeness (QED) is 0.656. The summed E-state index contributed by atoms with van der Waals surface area (Å²) in [6.45, 7) is 7.95. The number of hydrogen-bond donors (Lipinski definition) is 1. The van der Waals surface area contributed by atoms with Crippen LogP contribution in [0.15, 0.2) is 30.3 Å². The van der Waals surface area contributed by atoms with Crippen molar-refractivity contribution in [3.63, 3.8) is 0 Å². The molecule has 0 aliphatic carbocycles. The molecule has 4 fully saturated rings. The minimum Gasteiger partial charge on any atom is -0.444 e. The summed E-state index contributed by atoms with van der Waals surface area (Å²) < 4.78 is 5.47. The van der Waals surface area contributed by atoms with Gasteiger partial charge >= 0.3 is 6.09 Å². The van der Waals surface area contributed by atoms with Crippen molar-refractivity contribution >= 4 is 17.9 Å². The zero-order valence-electron chi connectivity index (χ0n) is 22.8. The van der Waals surface area contributed by atoms with Crippen molar-refractivity contribution < 1.29 is 19.1 Å². The van der Waals surface area contributed by atoms with Gasteiger partial charge in [0, 0.05) is 38.1 Å². The Kier molecular flexibility index (Phi) is 7.12. The third-order valence-electron chi connectivity index (χ3n) is 8.69. The number of carbonyl (C=O) groups excluding carboxylic acids is 3. The number of amides is 3. The van der Waals surface area contributed by atoms with Gasteiger partial charge in [-0.3, -0.25) is 9.59 Å². The maximum atomic E-state index is 14.0. The zero-order chi connectivity index (χ0) is 27.2. The Balaban J connectivity index is 1.38. The van der Waals surface area contributed by atoms with Crippen molar-refractivity contribution in [3.05, 3.63) is 35.9 Å². The second kappa shape index (κ2) is 10.2. The van der Waals surface area contributed by atoms with Crippen LogP contribution in [0.3, 0.4) is 0 Å². The second-order valence-electron chi connectivity index (χ2n) is 12.5. The van der Waals surface area contributed by atoms with E-state index in [0.717, 1.165) is 25.1 Å². The average Bonchev–Trinajstić information content (AvgIpc) is 3.57. The normalized spacial score (nSPS) is 33.3. The van der Waals surface area contributed by atoms with Crippen molar-refractivity contribution in [3.8, 4) is 6.07 Å². The molecule has 1 aromatic carbocycles. The van der Waals surface area contributed by atoms with Crippen molar-refractivity contribution in [2.45, 2.75) is 69.7 Å². The molecule has 3 amide bonds. The Bertz CT molecular complexity index is 1110. The molecular weight excluding hydrogens is 482 g/mol. The number of carbonyl (C=O) groups is 3. The third kappa shape index (κ3) is 5.11. The van der Waals surface area contributed by atoms with Gasteiger partial charge in [-0.15, -0.1) is 0 Å². The number of benzene rings is 1. The molecule has 4 saturated heterocycles. The molecule has 4 heterocycles. The van der Waals surface area contributed by atoms with E-state index >= 15 is 0 Å². The van der Waals surface area contributed by atoms with Crippen LogP contribution in [0.2, 0.25) is 0 Å². The number of ether oxygens (including phenoxy) is 1. The molecule has 0 aromatic heterocycles. The van der Waals surface area contributed by atoms with Crippen molar-refractivity contribution in [2.24, 2.45) is 17.8 Å². The first kappa shape index (κ1) is 26.5. The van der Waals surface area contributed by atoms with Crippen LogP contribution >= 0.6 is 0 Å². The second-order valence-corrected chi connectivity index (χ2v) is 12.5. The number of nitriles is 1. The first-order chi connectivity index (χ1) is 18.1. The molecule has 204 valence electrons. The molecule has 1 unspecified atom stereocenters. The van der Waals surface area contributed by atoms with E-state index < -0.39 is 23.8 Å². The van der Waals surface area contributed by atoms with E-state index in [2.05, 4.69) is 23.3 Å². The maximum Gasteiger partial charge on any atom is 0.408 e. The monoisotopic (exact) mass is 521 g/mol. The Labute approximate surface area is 225 Å². The molecule has 9 heteroatoms. The van der Waals surface area contributed by atoms with Gasteiger partial charge in [-0.1, -0.05) is 30.3 Å². The minimum absolute atomic E-state index is 0.0314. The summed E-state index contributed by atoms with van der Waals surface area (Å²) in [4.78, 5) is 46.5. The fourth-order valence-electron chi connectivity index (χ4n) is 7.14. The fraction of sp³-hybridized carbons (Fsp3) is 0.655. The summed E-state index contributed by atoms with van der Waals surface area (Å²) >= 11 is 0. The molecule has 38 heavy (non-hydrogen) atoms. The molecule has 1 aromatic rings. The van der Waals surface area contributed by atoms with E-state index in [4.69, 9.17) is 4.74 Å². The van der Waals surface area contributed by atoms with Crippen LogP contribution in [-0.2, 0) is 14.3 Å². The Hall–Kier alpha value is -3.12. The molecule has 0 radical (unpaired) electrons. The van der Waals surface area contributed by atoms with Gasteiger partial charge in [0.15, 0.2) is 0 Å². The molecule has 0 spiro atoms. The van der Waals surface area contributed by atoms with Gasteiger partial charge in [-0.05, 0) is 64.5 Å². The van der Waals surface area contributed by atoms with Crippen LogP contribution in [0.1, 0.15) is 51.5 Å². The van der Waals surface area contributed by atoms with E-state index in [9.17, 15) is 19.6 Å². The van der Waals surface area contributed by atoms with Crippen LogP contribution in [0.5, 0.6) is 0 Å². The molecular formula is C29H39N5O4. The lowest BCUT2D eigenvalue weighted by Crippen LogP contribution is -2.56. The van der Waals surface area contributed by atoms with E-state index in [1.165, 1.54) is 0 Å². The van der Waals surface area contributed by atoms with Gasteiger partial charge in [0.25, 0.3) is 0 Å². The molecule has 9 nitrogen and oxygen atoms in total. The molecule has 7 atom stereocenters. The summed E-state index contributed by atoms with van der Waals surface area (Å²) in [6.07, 6.45) is 1.30. The lowest BCUT2D eigenvalue weighted by molar-refractivity contribution is -0.146. The Morgan fingerprint density at radius 3 is 2.50 bits per heavy atom. The Morgan fingerprint density at radius 1 is 1.08 bits per heavy atom. The number of nitrogens with zero attached hydrogens (tertiary/aromatic N) is 4. The average molecular weight is 522 g/mol. The lowest BCUT2D eigenvalue weighted by atomic mass is 9.85. The molecule has 5 rings (SSSR count). The van der Waals surface area contributed by atoms with E-state index in [-0.39, 0.29) is 41.5 Å². The van der Waals surface area contributed by atoms with Gasteiger partial charge in [0.1, 0.15) is 17.7 Å². The van der Waals surface area contributed by atoms with Gasteiger partial charge in [-0.2, -0.15) is 5.26 Å². The Morgan fingerprint density at radius 2 is 1.82 bits per heavy atom. The molecule has 4 aliphatic heterocycles. The van der Waals surface area contributed by atoms with Gasteiger partial charge in [0.05, 0.1) is 12.0 Å². The summed E-state index contributed by atoms with van der Waals surface area (Å²) in [7, 11) is 2.09. The predicted molar refractivity (Wildman–Crippen MR) is 141 cm³/mol. The van der Waals surface area contributed by atoms with Gasteiger partial charge in [0.2, 0.25) is 11.8 Å². The fourth-order valence-corrected chi connectivity index (χ4v) is 7.14. The standard InChI is InChI=1S/C29H39N5O4/c1-29(2,3)38-28(37)31-23-12-19-14-32(4)16-22(19)24-10-11-25(34(24)26(23)35)27(36)33-15-20(13-30)21(17-33)18-8-6-5-7-9-18/h5-9,19-25H,10-12,14-17H2,1-4H3,(H,31,37)/t19?,20-,21+,22+,23+,24-,25+/m1/s1. The topological polar surface area (TPSA) is 106 Å². The largest absolute Gasteiger partial charge is 0.444 e. The summed E-state index contributed by atoms with van der Waals surface area (Å²) in [6, 6.07) is 10.9. The minimum atomic E-state index is -0.732. The highest BCUT2D eigenvalue weighted by Gasteiger charge is 2.54. The first-order valence-electron chi connectivity index (χ1n) is 13.8. The maximum absolute atomic E-state index is 14.0. The van der Waals surface area contributed by atoms with Crippen LogP contribution in [0.25, 0.3) is 0 Å².